The first-order valence-electron chi connectivity index (χ1n) is 7.56. The van der Waals surface area contributed by atoms with Gasteiger partial charge in [-0.1, -0.05) is 0 Å². The van der Waals surface area contributed by atoms with E-state index in [4.69, 9.17) is 15.7 Å². The van der Waals surface area contributed by atoms with Gasteiger partial charge in [-0.05, 0) is 44.9 Å². The zero-order valence-corrected chi connectivity index (χ0v) is 12.9. The van der Waals surface area contributed by atoms with E-state index in [1.165, 1.54) is 0 Å². The van der Waals surface area contributed by atoms with Crippen LogP contribution in [0.15, 0.2) is 18.2 Å². The van der Waals surface area contributed by atoms with E-state index >= 15 is 0 Å². The summed E-state index contributed by atoms with van der Waals surface area (Å²) in [5.41, 5.74) is 10.1. The molecule has 0 radical (unpaired) electrons. The van der Waals surface area contributed by atoms with Crippen LogP contribution in [0.2, 0.25) is 0 Å². The molecule has 2 atom stereocenters. The van der Waals surface area contributed by atoms with Gasteiger partial charge in [0.1, 0.15) is 0 Å². The second-order valence-electron chi connectivity index (χ2n) is 5.88. The number of ether oxygens (including phenoxy) is 1. The lowest BCUT2D eigenvalue weighted by Gasteiger charge is -2.29. The van der Waals surface area contributed by atoms with Crippen LogP contribution in [0.3, 0.4) is 0 Å². The van der Waals surface area contributed by atoms with Gasteiger partial charge in [-0.25, -0.2) is 0 Å². The third-order valence-corrected chi connectivity index (χ3v) is 4.18. The number of rotatable bonds is 2. The summed E-state index contributed by atoms with van der Waals surface area (Å²) >= 11 is 0. The molecule has 3 N–H and O–H groups in total. The van der Waals surface area contributed by atoms with Crippen LogP contribution in [0.25, 0.3) is 10.9 Å². The maximum Gasteiger partial charge on any atom is 0.0991 e. The van der Waals surface area contributed by atoms with Gasteiger partial charge in [-0.2, -0.15) is 5.26 Å². The molecule has 0 unspecified atom stereocenters. The fourth-order valence-corrected chi connectivity index (χ4v) is 2.96. The third-order valence-electron chi connectivity index (χ3n) is 4.18. The Morgan fingerprint density at radius 1 is 1.45 bits per heavy atom. The van der Waals surface area contributed by atoms with Crippen molar-refractivity contribution in [2.24, 2.45) is 0 Å². The third kappa shape index (κ3) is 2.70. The van der Waals surface area contributed by atoms with Crippen molar-refractivity contribution >= 4 is 22.3 Å². The first-order valence-corrected chi connectivity index (χ1v) is 7.56. The van der Waals surface area contributed by atoms with Crippen LogP contribution >= 0.6 is 0 Å². The summed E-state index contributed by atoms with van der Waals surface area (Å²) in [5, 5.41) is 13.6. The SMILES string of the molecule is Cc1nc2ccc(C#N)cc2c(N[C@@H]2CCO[C@H](C)C2)c1N. The van der Waals surface area contributed by atoms with E-state index in [9.17, 15) is 0 Å². The van der Waals surface area contributed by atoms with Gasteiger partial charge < -0.3 is 15.8 Å². The minimum absolute atomic E-state index is 0.247. The molecule has 114 valence electrons. The van der Waals surface area contributed by atoms with Gasteiger partial charge in [-0.15, -0.1) is 0 Å². The zero-order valence-electron chi connectivity index (χ0n) is 12.9. The summed E-state index contributed by atoms with van der Waals surface area (Å²) in [6, 6.07) is 8.00. The fraction of sp³-hybridized carbons (Fsp3) is 0.412. The van der Waals surface area contributed by atoms with E-state index in [1.54, 1.807) is 6.07 Å². The number of nitrogen functional groups attached to an aromatic ring is 1. The number of fused-ring (bicyclic) bond motifs is 1. The number of nitrogens with one attached hydrogen (secondary N) is 1. The van der Waals surface area contributed by atoms with Crippen molar-refractivity contribution in [2.75, 3.05) is 17.7 Å². The van der Waals surface area contributed by atoms with Gasteiger partial charge in [0, 0.05) is 18.0 Å². The Balaban J connectivity index is 2.06. The lowest BCUT2D eigenvalue weighted by Crippen LogP contribution is -2.32. The van der Waals surface area contributed by atoms with Gasteiger partial charge in [0.15, 0.2) is 0 Å². The Kier molecular flexibility index (Phi) is 3.86. The van der Waals surface area contributed by atoms with Crippen molar-refractivity contribution in [1.29, 1.82) is 5.26 Å². The Hall–Kier alpha value is -2.32. The number of hydrogen-bond acceptors (Lipinski definition) is 5. The van der Waals surface area contributed by atoms with Crippen LogP contribution in [0.5, 0.6) is 0 Å². The van der Waals surface area contributed by atoms with Crippen LogP contribution in [-0.2, 0) is 4.74 Å². The highest BCUT2D eigenvalue weighted by atomic mass is 16.5. The van der Waals surface area contributed by atoms with Gasteiger partial charge in [0.2, 0.25) is 0 Å². The van der Waals surface area contributed by atoms with Crippen molar-refractivity contribution in [3.8, 4) is 6.07 Å². The molecule has 5 nitrogen and oxygen atoms in total. The molecule has 0 spiro atoms. The van der Waals surface area contributed by atoms with Gasteiger partial charge in [0.25, 0.3) is 0 Å². The molecule has 0 saturated carbocycles. The van der Waals surface area contributed by atoms with Crippen LogP contribution in [-0.4, -0.2) is 23.7 Å². The predicted molar refractivity (Wildman–Crippen MR) is 87.7 cm³/mol. The number of nitrogens with two attached hydrogens (primary N) is 1. The molecule has 22 heavy (non-hydrogen) atoms. The van der Waals surface area contributed by atoms with Crippen molar-refractivity contribution in [3.05, 3.63) is 29.5 Å². The van der Waals surface area contributed by atoms with Crippen molar-refractivity contribution in [2.45, 2.75) is 38.8 Å². The van der Waals surface area contributed by atoms with Crippen LogP contribution in [0, 0.1) is 18.3 Å². The average molecular weight is 296 g/mol. The van der Waals surface area contributed by atoms with Crippen molar-refractivity contribution in [1.82, 2.24) is 4.98 Å². The summed E-state index contributed by atoms with van der Waals surface area (Å²) in [6.07, 6.45) is 2.14. The summed E-state index contributed by atoms with van der Waals surface area (Å²) in [5.74, 6) is 0. The number of anilines is 2. The summed E-state index contributed by atoms with van der Waals surface area (Å²) in [6.45, 7) is 4.75. The van der Waals surface area contributed by atoms with Crippen LogP contribution in [0.1, 0.15) is 31.0 Å². The van der Waals surface area contributed by atoms with E-state index in [2.05, 4.69) is 23.3 Å². The molecule has 1 aromatic heterocycles. The van der Waals surface area contributed by atoms with E-state index in [1.807, 2.05) is 19.1 Å². The summed E-state index contributed by atoms with van der Waals surface area (Å²) in [7, 11) is 0. The number of benzene rings is 1. The standard InChI is InChI=1S/C17H20N4O/c1-10-7-13(5-6-22-10)21-17-14-8-12(9-18)3-4-15(14)20-11(2)16(17)19/h3-4,8,10,13H,5-7,19H2,1-2H3,(H,20,21)/t10-,13-/m1/s1. The Morgan fingerprint density at radius 3 is 3.00 bits per heavy atom. The molecular formula is C17H20N4O. The molecule has 1 aliphatic heterocycles. The van der Waals surface area contributed by atoms with Crippen LogP contribution < -0.4 is 11.1 Å². The highest BCUT2D eigenvalue weighted by Gasteiger charge is 2.21. The molecular weight excluding hydrogens is 276 g/mol. The molecule has 1 fully saturated rings. The minimum atomic E-state index is 0.247. The first-order chi connectivity index (χ1) is 10.6. The lowest BCUT2D eigenvalue weighted by molar-refractivity contribution is 0.0232. The molecule has 0 amide bonds. The summed E-state index contributed by atoms with van der Waals surface area (Å²) < 4.78 is 5.60. The topological polar surface area (TPSA) is 84.0 Å². The number of hydrogen-bond donors (Lipinski definition) is 2. The Morgan fingerprint density at radius 2 is 2.27 bits per heavy atom. The minimum Gasteiger partial charge on any atom is -0.396 e. The number of aryl methyl sites for hydroxylation is 1. The molecule has 5 heteroatoms. The molecule has 2 aromatic rings. The normalized spacial score (nSPS) is 21.5. The molecule has 0 bridgehead atoms. The molecule has 1 aromatic carbocycles. The van der Waals surface area contributed by atoms with E-state index < -0.39 is 0 Å². The number of nitriles is 1. The van der Waals surface area contributed by atoms with E-state index in [0.717, 1.165) is 41.7 Å². The predicted octanol–water partition coefficient (Wildman–Crippen LogP) is 2.98. The number of aromatic nitrogens is 1. The van der Waals surface area contributed by atoms with Crippen molar-refractivity contribution in [3.63, 3.8) is 0 Å². The Bertz CT molecular complexity index is 750. The zero-order chi connectivity index (χ0) is 15.7. The van der Waals surface area contributed by atoms with Gasteiger partial charge >= 0.3 is 0 Å². The lowest BCUT2D eigenvalue weighted by atomic mass is 10.0. The monoisotopic (exact) mass is 296 g/mol. The molecule has 3 rings (SSSR count). The molecule has 1 aliphatic rings. The maximum absolute atomic E-state index is 9.13. The van der Waals surface area contributed by atoms with E-state index in [-0.39, 0.29) is 6.10 Å². The highest BCUT2D eigenvalue weighted by molar-refractivity contribution is 5.98. The van der Waals surface area contributed by atoms with Crippen molar-refractivity contribution < 1.29 is 4.74 Å². The average Bonchev–Trinajstić information content (AvgIpc) is 2.51. The van der Waals surface area contributed by atoms with Gasteiger partial charge in [-0.3, -0.25) is 4.98 Å². The largest absolute Gasteiger partial charge is 0.396 e. The molecule has 0 aliphatic carbocycles. The fourth-order valence-electron chi connectivity index (χ4n) is 2.96. The number of nitrogens with zero attached hydrogens (tertiary/aromatic N) is 2. The summed E-state index contributed by atoms with van der Waals surface area (Å²) in [4.78, 5) is 4.52. The first kappa shape index (κ1) is 14.6. The van der Waals surface area contributed by atoms with E-state index in [0.29, 0.717) is 17.3 Å². The second-order valence-corrected chi connectivity index (χ2v) is 5.88. The van der Waals surface area contributed by atoms with Crippen LogP contribution in [0.4, 0.5) is 11.4 Å². The quantitative estimate of drug-likeness (QED) is 0.890. The molecule has 2 heterocycles. The Labute approximate surface area is 130 Å². The number of pyridine rings is 1. The second kappa shape index (κ2) is 5.82. The maximum atomic E-state index is 9.13. The highest BCUT2D eigenvalue weighted by Crippen LogP contribution is 2.33. The smallest absolute Gasteiger partial charge is 0.0991 e. The van der Waals surface area contributed by atoms with Gasteiger partial charge in [0.05, 0.1) is 40.3 Å². The molecule has 1 saturated heterocycles.